The maximum atomic E-state index is 12.6. The van der Waals surface area contributed by atoms with Gasteiger partial charge in [-0.2, -0.15) is 0 Å². The first-order valence-electron chi connectivity index (χ1n) is 9.54. The summed E-state index contributed by atoms with van der Waals surface area (Å²) in [4.78, 5) is 38.0. The lowest BCUT2D eigenvalue weighted by Gasteiger charge is -2.25. The largest absolute Gasteiger partial charge is 0.459 e. The van der Waals surface area contributed by atoms with E-state index in [0.717, 1.165) is 12.0 Å². The Hall–Kier alpha value is -2.57. The molecule has 7 nitrogen and oxygen atoms in total. The average molecular weight is 392 g/mol. The molecule has 2 amide bonds. The van der Waals surface area contributed by atoms with Crippen LogP contribution < -0.4 is 5.32 Å². The fourth-order valence-corrected chi connectivity index (χ4v) is 2.51. The van der Waals surface area contributed by atoms with E-state index in [4.69, 9.17) is 9.47 Å². The predicted molar refractivity (Wildman–Crippen MR) is 108 cm³/mol. The monoisotopic (exact) mass is 392 g/mol. The summed E-state index contributed by atoms with van der Waals surface area (Å²) in [5.74, 6) is -0.859. The summed E-state index contributed by atoms with van der Waals surface area (Å²) < 4.78 is 10.5. The fourth-order valence-electron chi connectivity index (χ4n) is 2.51. The molecule has 156 valence electrons. The van der Waals surface area contributed by atoms with Crippen molar-refractivity contribution in [1.29, 1.82) is 0 Å². The molecule has 0 spiro atoms. The van der Waals surface area contributed by atoms with Gasteiger partial charge in [0.15, 0.2) is 0 Å². The molecule has 0 bridgehead atoms. The number of esters is 1. The Kier molecular flexibility index (Phi) is 9.48. The van der Waals surface area contributed by atoms with E-state index in [9.17, 15) is 14.4 Å². The number of nitrogens with one attached hydrogen (secondary N) is 1. The molecule has 0 aliphatic heterocycles. The second-order valence-electron chi connectivity index (χ2n) is 7.65. The molecule has 0 heterocycles. The van der Waals surface area contributed by atoms with Crippen LogP contribution in [0.4, 0.5) is 4.79 Å². The Labute approximate surface area is 167 Å². The molecular weight excluding hydrogens is 360 g/mol. The maximum Gasteiger partial charge on any atom is 0.408 e. The van der Waals surface area contributed by atoms with Gasteiger partial charge in [0.2, 0.25) is 5.91 Å². The van der Waals surface area contributed by atoms with Crippen molar-refractivity contribution in [3.63, 3.8) is 0 Å². The summed E-state index contributed by atoms with van der Waals surface area (Å²) in [6, 6.07) is -0.761. The second-order valence-corrected chi connectivity index (χ2v) is 7.65. The highest BCUT2D eigenvalue weighted by Crippen LogP contribution is 2.09. The van der Waals surface area contributed by atoms with Gasteiger partial charge in [-0.3, -0.25) is 9.59 Å². The number of hydrogen-bond donors (Lipinski definition) is 1. The van der Waals surface area contributed by atoms with Crippen LogP contribution in [0.2, 0.25) is 0 Å². The van der Waals surface area contributed by atoms with Crippen LogP contribution in [0.3, 0.4) is 0 Å². The first-order chi connectivity index (χ1) is 13.1. The molecular formula is C21H32N2O5. The third-order valence-corrected chi connectivity index (χ3v) is 3.75. The van der Waals surface area contributed by atoms with E-state index < -0.39 is 23.7 Å². The first kappa shape index (κ1) is 23.5. The van der Waals surface area contributed by atoms with Gasteiger partial charge < -0.3 is 19.7 Å². The summed E-state index contributed by atoms with van der Waals surface area (Å²) in [6.45, 7) is 7.13. The second kappa shape index (κ2) is 11.3. The van der Waals surface area contributed by atoms with Crippen molar-refractivity contribution >= 4 is 18.0 Å². The molecule has 1 aliphatic rings. The molecule has 1 atom stereocenters. The van der Waals surface area contributed by atoms with Gasteiger partial charge in [-0.1, -0.05) is 43.7 Å². The molecule has 0 aromatic heterocycles. The lowest BCUT2D eigenvalue weighted by molar-refractivity contribution is -0.158. The Morgan fingerprint density at radius 2 is 1.96 bits per heavy atom. The topological polar surface area (TPSA) is 84.9 Å². The fraction of sp³-hybridized carbons (Fsp3) is 0.571. The van der Waals surface area contributed by atoms with E-state index in [1.54, 1.807) is 20.8 Å². The van der Waals surface area contributed by atoms with Crippen molar-refractivity contribution in [2.45, 2.75) is 58.6 Å². The quantitative estimate of drug-likeness (QED) is 0.642. The molecule has 0 aromatic carbocycles. The van der Waals surface area contributed by atoms with Crippen molar-refractivity contribution in [2.24, 2.45) is 0 Å². The van der Waals surface area contributed by atoms with Gasteiger partial charge in [0.05, 0.1) is 0 Å². The Bertz CT molecular complexity index is 644. The molecule has 0 radical (unpaired) electrons. The predicted octanol–water partition coefficient (Wildman–Crippen LogP) is 3.12. The van der Waals surface area contributed by atoms with Gasteiger partial charge in [-0.05, 0) is 39.2 Å². The number of rotatable bonds is 8. The van der Waals surface area contributed by atoms with Gasteiger partial charge >= 0.3 is 12.1 Å². The van der Waals surface area contributed by atoms with Crippen molar-refractivity contribution in [1.82, 2.24) is 10.2 Å². The molecule has 0 saturated heterocycles. The average Bonchev–Trinajstić information content (AvgIpc) is 2.86. The summed E-state index contributed by atoms with van der Waals surface area (Å²) in [7, 11) is 1.51. The number of carbonyl (C=O) groups excluding carboxylic acids is 3. The third-order valence-electron chi connectivity index (χ3n) is 3.75. The summed E-state index contributed by atoms with van der Waals surface area (Å²) >= 11 is 0. The number of alkyl carbamates (subject to hydrolysis) is 1. The SMILES string of the molecule is CCCC(NC(=O)OCC1=CC=CCC=C1)C(=O)N(C)CC(=O)OC(C)(C)C. The Morgan fingerprint density at radius 1 is 1.25 bits per heavy atom. The van der Waals surface area contributed by atoms with E-state index in [0.29, 0.717) is 12.8 Å². The highest BCUT2D eigenvalue weighted by Gasteiger charge is 2.26. The molecule has 1 N–H and O–H groups in total. The normalized spacial score (nSPS) is 14.5. The number of amides is 2. The molecule has 1 rings (SSSR count). The smallest absolute Gasteiger partial charge is 0.408 e. The number of carbonyl (C=O) groups is 3. The van der Waals surface area contributed by atoms with E-state index in [1.165, 1.54) is 11.9 Å². The highest BCUT2D eigenvalue weighted by atomic mass is 16.6. The van der Waals surface area contributed by atoms with E-state index in [1.807, 2.05) is 37.3 Å². The number of allylic oxidation sites excluding steroid dienone is 4. The van der Waals surface area contributed by atoms with Crippen LogP contribution in [-0.4, -0.2) is 54.7 Å². The molecule has 0 aromatic rings. The van der Waals surface area contributed by atoms with Crippen molar-refractivity contribution < 1.29 is 23.9 Å². The summed E-state index contributed by atoms with van der Waals surface area (Å²) in [5.41, 5.74) is 0.242. The van der Waals surface area contributed by atoms with E-state index in [2.05, 4.69) is 5.32 Å². The van der Waals surface area contributed by atoms with Crippen LogP contribution in [0.25, 0.3) is 0 Å². The molecule has 0 fully saturated rings. The van der Waals surface area contributed by atoms with Crippen LogP contribution in [0.1, 0.15) is 47.0 Å². The maximum absolute atomic E-state index is 12.6. The number of hydrogen-bond acceptors (Lipinski definition) is 5. The van der Waals surface area contributed by atoms with Gasteiger partial charge in [0.1, 0.15) is 24.8 Å². The lowest BCUT2D eigenvalue weighted by Crippen LogP contribution is -2.49. The third kappa shape index (κ3) is 9.39. The molecule has 1 unspecified atom stereocenters. The van der Waals surface area contributed by atoms with Crippen LogP contribution in [0, 0.1) is 0 Å². The number of nitrogens with zero attached hydrogens (tertiary/aromatic N) is 1. The van der Waals surface area contributed by atoms with Crippen LogP contribution in [-0.2, 0) is 19.1 Å². The Morgan fingerprint density at radius 3 is 2.61 bits per heavy atom. The summed E-state index contributed by atoms with van der Waals surface area (Å²) in [5, 5.41) is 2.60. The Balaban J connectivity index is 2.58. The van der Waals surface area contributed by atoms with Crippen LogP contribution in [0.15, 0.2) is 36.0 Å². The lowest BCUT2D eigenvalue weighted by atomic mass is 10.1. The first-order valence-corrected chi connectivity index (χ1v) is 9.54. The highest BCUT2D eigenvalue weighted by molar-refractivity contribution is 5.88. The van der Waals surface area contributed by atoms with Crippen molar-refractivity contribution in [2.75, 3.05) is 20.2 Å². The number of ether oxygens (including phenoxy) is 2. The van der Waals surface area contributed by atoms with Gasteiger partial charge in [0.25, 0.3) is 0 Å². The zero-order chi connectivity index (χ0) is 21.2. The minimum Gasteiger partial charge on any atom is -0.459 e. The van der Waals surface area contributed by atoms with Crippen molar-refractivity contribution in [3.8, 4) is 0 Å². The standard InChI is InChI=1S/C21H32N2O5/c1-6-11-17(19(25)23(5)14-18(24)28-21(2,3)4)22-20(26)27-15-16-12-9-7-8-10-13-16/h7,9-10,12-13,17H,6,8,11,14-15H2,1-5H3,(H,22,26). The van der Waals surface area contributed by atoms with Crippen LogP contribution in [0.5, 0.6) is 0 Å². The van der Waals surface area contributed by atoms with Gasteiger partial charge in [-0.15, -0.1) is 0 Å². The zero-order valence-corrected chi connectivity index (χ0v) is 17.5. The van der Waals surface area contributed by atoms with E-state index in [-0.39, 0.29) is 19.1 Å². The molecule has 28 heavy (non-hydrogen) atoms. The minimum absolute atomic E-state index is 0.119. The van der Waals surface area contributed by atoms with Crippen molar-refractivity contribution in [3.05, 3.63) is 36.0 Å². The minimum atomic E-state index is -0.761. The molecule has 0 saturated carbocycles. The van der Waals surface area contributed by atoms with Crippen LogP contribution >= 0.6 is 0 Å². The number of likely N-dealkylation sites (N-methyl/N-ethyl adjacent to an activating group) is 1. The van der Waals surface area contributed by atoms with Gasteiger partial charge in [-0.25, -0.2) is 4.79 Å². The van der Waals surface area contributed by atoms with E-state index >= 15 is 0 Å². The molecule has 7 heteroatoms. The van der Waals surface area contributed by atoms with Gasteiger partial charge in [0, 0.05) is 7.05 Å². The molecule has 1 aliphatic carbocycles. The zero-order valence-electron chi connectivity index (χ0n) is 17.5. The summed E-state index contributed by atoms with van der Waals surface area (Å²) in [6.07, 6.45) is 11.0.